The lowest BCUT2D eigenvalue weighted by Crippen LogP contribution is -2.50. The summed E-state index contributed by atoms with van der Waals surface area (Å²) in [6.45, 7) is 4.34. The number of carbonyl (C=O) groups excluding carboxylic acids is 1. The molecule has 0 aromatic carbocycles. The van der Waals surface area contributed by atoms with E-state index in [1.807, 2.05) is 13.8 Å². The van der Waals surface area contributed by atoms with E-state index in [4.69, 9.17) is 10.2 Å². The first-order valence-electron chi connectivity index (χ1n) is 5.31. The number of amides is 2. The summed E-state index contributed by atoms with van der Waals surface area (Å²) in [5.41, 5.74) is -0.196. The Kier molecular flexibility index (Phi) is 3.74. The molecular weight excluding hydrogens is 212 g/mol. The van der Waals surface area contributed by atoms with Crippen molar-refractivity contribution in [2.45, 2.75) is 38.3 Å². The average Bonchev–Trinajstić information content (AvgIpc) is 2.53. The third kappa shape index (κ3) is 2.85. The second kappa shape index (κ2) is 4.69. The highest BCUT2D eigenvalue weighted by Crippen LogP contribution is 2.27. The molecule has 92 valence electrons. The number of carboxylic acids is 1. The van der Waals surface area contributed by atoms with E-state index in [2.05, 4.69) is 5.32 Å². The van der Waals surface area contributed by atoms with E-state index in [1.165, 1.54) is 0 Å². The lowest BCUT2D eigenvalue weighted by Gasteiger charge is -2.31. The molecule has 0 radical (unpaired) electrons. The molecule has 0 aromatic rings. The molecule has 1 aliphatic rings. The number of nitrogens with one attached hydrogen (secondary N) is 1. The Labute approximate surface area is 94.2 Å². The monoisotopic (exact) mass is 230 g/mol. The summed E-state index contributed by atoms with van der Waals surface area (Å²) < 4.78 is 0. The van der Waals surface area contributed by atoms with Gasteiger partial charge in [0.2, 0.25) is 0 Å². The molecule has 6 heteroatoms. The molecule has 3 N–H and O–H groups in total. The maximum absolute atomic E-state index is 11.7. The predicted molar refractivity (Wildman–Crippen MR) is 57.1 cm³/mol. The summed E-state index contributed by atoms with van der Waals surface area (Å²) >= 11 is 0. The zero-order valence-corrected chi connectivity index (χ0v) is 9.56. The van der Waals surface area contributed by atoms with Gasteiger partial charge in [-0.15, -0.1) is 0 Å². The van der Waals surface area contributed by atoms with Crippen LogP contribution >= 0.6 is 0 Å². The van der Waals surface area contributed by atoms with E-state index in [-0.39, 0.29) is 18.1 Å². The number of likely N-dealkylation sites (tertiary alicyclic amines) is 1. The van der Waals surface area contributed by atoms with E-state index in [1.54, 1.807) is 4.90 Å². The Balaban J connectivity index is 2.44. The first-order chi connectivity index (χ1) is 7.34. The molecule has 1 rings (SSSR count). The van der Waals surface area contributed by atoms with Crippen molar-refractivity contribution in [3.63, 3.8) is 0 Å². The van der Waals surface area contributed by atoms with Crippen LogP contribution in [-0.2, 0) is 4.79 Å². The largest absolute Gasteiger partial charge is 0.479 e. The van der Waals surface area contributed by atoms with E-state index in [0.717, 1.165) is 12.8 Å². The minimum Gasteiger partial charge on any atom is -0.479 e. The second-order valence-corrected chi connectivity index (χ2v) is 4.61. The summed E-state index contributed by atoms with van der Waals surface area (Å²) in [5, 5.41) is 19.9. The van der Waals surface area contributed by atoms with Crippen LogP contribution < -0.4 is 5.32 Å². The van der Waals surface area contributed by atoms with Gasteiger partial charge < -0.3 is 20.4 Å². The molecule has 0 saturated carbocycles. The smallest absolute Gasteiger partial charge is 0.334 e. The van der Waals surface area contributed by atoms with Gasteiger partial charge >= 0.3 is 12.0 Å². The summed E-state index contributed by atoms with van der Waals surface area (Å²) in [6, 6.07) is -0.317. The standard InChI is InChI=1S/C10H18N2O4/c1-10(2)4-3-5-12(10)9(16)11-6-7(13)8(14)15/h7,13H,3-6H2,1-2H3,(H,11,16)(H,14,15). The molecule has 1 aliphatic heterocycles. The van der Waals surface area contributed by atoms with Crippen LogP contribution in [-0.4, -0.2) is 51.8 Å². The number of hydrogen-bond donors (Lipinski definition) is 3. The fourth-order valence-electron chi connectivity index (χ4n) is 1.85. The molecule has 6 nitrogen and oxygen atoms in total. The fraction of sp³-hybridized carbons (Fsp3) is 0.800. The van der Waals surface area contributed by atoms with Gasteiger partial charge in [-0.2, -0.15) is 0 Å². The van der Waals surface area contributed by atoms with Crippen LogP contribution in [0.1, 0.15) is 26.7 Å². The Hall–Kier alpha value is -1.30. The van der Waals surface area contributed by atoms with Gasteiger partial charge in [0.25, 0.3) is 0 Å². The van der Waals surface area contributed by atoms with Crippen molar-refractivity contribution < 1.29 is 19.8 Å². The van der Waals surface area contributed by atoms with E-state index in [0.29, 0.717) is 6.54 Å². The van der Waals surface area contributed by atoms with Crippen LogP contribution in [0.15, 0.2) is 0 Å². The van der Waals surface area contributed by atoms with Crippen molar-refractivity contribution in [2.75, 3.05) is 13.1 Å². The number of nitrogens with zero attached hydrogens (tertiary/aromatic N) is 1. The van der Waals surface area contributed by atoms with Gasteiger partial charge in [0, 0.05) is 12.1 Å². The number of carboxylic acid groups (broad SMARTS) is 1. The highest BCUT2D eigenvalue weighted by Gasteiger charge is 2.35. The minimum absolute atomic E-state index is 0.196. The molecular formula is C10H18N2O4. The third-order valence-electron chi connectivity index (χ3n) is 2.88. The first-order valence-corrected chi connectivity index (χ1v) is 5.31. The van der Waals surface area contributed by atoms with Crippen LogP contribution in [0, 0.1) is 0 Å². The summed E-state index contributed by atoms with van der Waals surface area (Å²) in [5.74, 6) is -1.33. The average molecular weight is 230 g/mol. The van der Waals surface area contributed by atoms with Crippen molar-refractivity contribution in [3.05, 3.63) is 0 Å². The molecule has 1 heterocycles. The van der Waals surface area contributed by atoms with E-state index >= 15 is 0 Å². The molecule has 1 atom stereocenters. The van der Waals surface area contributed by atoms with Crippen molar-refractivity contribution in [2.24, 2.45) is 0 Å². The maximum atomic E-state index is 11.7. The fourth-order valence-corrected chi connectivity index (χ4v) is 1.85. The van der Waals surface area contributed by atoms with Crippen LogP contribution in [0.2, 0.25) is 0 Å². The van der Waals surface area contributed by atoms with Gasteiger partial charge in [0.15, 0.2) is 6.10 Å². The van der Waals surface area contributed by atoms with Crippen molar-refractivity contribution in [1.29, 1.82) is 0 Å². The molecule has 0 spiro atoms. The summed E-state index contributed by atoms with van der Waals surface area (Å²) in [6.07, 6.45) is 0.332. The molecule has 1 unspecified atom stereocenters. The Morgan fingerprint density at radius 3 is 2.56 bits per heavy atom. The zero-order valence-electron chi connectivity index (χ0n) is 9.56. The Morgan fingerprint density at radius 2 is 2.12 bits per heavy atom. The maximum Gasteiger partial charge on any atom is 0.334 e. The lowest BCUT2D eigenvalue weighted by molar-refractivity contribution is -0.146. The predicted octanol–water partition coefficient (Wildman–Crippen LogP) is 0.0159. The third-order valence-corrected chi connectivity index (χ3v) is 2.88. The van der Waals surface area contributed by atoms with Crippen molar-refractivity contribution in [1.82, 2.24) is 10.2 Å². The molecule has 2 amide bonds. The number of urea groups is 1. The van der Waals surface area contributed by atoms with E-state index < -0.39 is 12.1 Å². The van der Waals surface area contributed by atoms with Gasteiger partial charge in [0.05, 0.1) is 6.54 Å². The van der Waals surface area contributed by atoms with Crippen LogP contribution in [0.25, 0.3) is 0 Å². The highest BCUT2D eigenvalue weighted by molar-refractivity contribution is 5.77. The number of aliphatic carboxylic acids is 1. The Bertz CT molecular complexity index is 291. The molecule has 16 heavy (non-hydrogen) atoms. The number of hydrogen-bond acceptors (Lipinski definition) is 3. The number of aliphatic hydroxyl groups excluding tert-OH is 1. The normalized spacial score (nSPS) is 20.6. The number of carbonyl (C=O) groups is 2. The van der Waals surface area contributed by atoms with E-state index in [9.17, 15) is 9.59 Å². The van der Waals surface area contributed by atoms with Gasteiger partial charge in [-0.3, -0.25) is 0 Å². The van der Waals surface area contributed by atoms with Crippen LogP contribution in [0.5, 0.6) is 0 Å². The van der Waals surface area contributed by atoms with Gasteiger partial charge in [-0.05, 0) is 26.7 Å². The van der Waals surface area contributed by atoms with Crippen LogP contribution in [0.3, 0.4) is 0 Å². The first kappa shape index (κ1) is 12.8. The summed E-state index contributed by atoms with van der Waals surface area (Å²) in [4.78, 5) is 23.7. The SMILES string of the molecule is CC1(C)CCCN1C(=O)NCC(O)C(=O)O. The molecule has 0 aromatic heterocycles. The van der Waals surface area contributed by atoms with Gasteiger partial charge in [-0.1, -0.05) is 0 Å². The minimum atomic E-state index is -1.55. The van der Waals surface area contributed by atoms with Crippen molar-refractivity contribution in [3.8, 4) is 0 Å². The molecule has 1 fully saturated rings. The van der Waals surface area contributed by atoms with Gasteiger partial charge in [0.1, 0.15) is 0 Å². The van der Waals surface area contributed by atoms with Crippen molar-refractivity contribution >= 4 is 12.0 Å². The number of aliphatic hydroxyl groups is 1. The summed E-state index contributed by atoms with van der Waals surface area (Å²) in [7, 11) is 0. The lowest BCUT2D eigenvalue weighted by atomic mass is 10.0. The van der Waals surface area contributed by atoms with Gasteiger partial charge in [-0.25, -0.2) is 9.59 Å². The molecule has 1 saturated heterocycles. The van der Waals surface area contributed by atoms with Crippen LogP contribution in [0.4, 0.5) is 4.79 Å². The molecule has 0 bridgehead atoms. The molecule has 0 aliphatic carbocycles. The number of rotatable bonds is 3. The zero-order chi connectivity index (χ0) is 12.3. The topological polar surface area (TPSA) is 89.9 Å². The highest BCUT2D eigenvalue weighted by atomic mass is 16.4. The Morgan fingerprint density at radius 1 is 1.50 bits per heavy atom. The second-order valence-electron chi connectivity index (χ2n) is 4.61. The quantitative estimate of drug-likeness (QED) is 0.637.